The Bertz CT molecular complexity index is 768. The fraction of sp³-hybridized carbons (Fsp3) is 0.526. The molecule has 0 radical (unpaired) electrons. The first-order valence-corrected chi connectivity index (χ1v) is 8.72. The van der Waals surface area contributed by atoms with Crippen LogP contribution in [0.3, 0.4) is 0 Å². The number of rotatable bonds is 3. The van der Waals surface area contributed by atoms with Crippen LogP contribution >= 0.6 is 0 Å². The van der Waals surface area contributed by atoms with E-state index in [1.54, 1.807) is 32.9 Å². The largest absolute Gasteiger partial charge is 0.467 e. The molecule has 1 saturated heterocycles. The van der Waals surface area contributed by atoms with Crippen molar-refractivity contribution in [2.24, 2.45) is 5.92 Å². The third-order valence-electron chi connectivity index (χ3n) is 4.39. The Morgan fingerprint density at radius 1 is 1.22 bits per heavy atom. The average molecular weight is 377 g/mol. The molecule has 27 heavy (non-hydrogen) atoms. The molecule has 0 saturated carbocycles. The molecule has 0 N–H and O–H groups in total. The van der Waals surface area contributed by atoms with Crippen LogP contribution in [0.5, 0.6) is 11.5 Å². The van der Waals surface area contributed by atoms with Crippen molar-refractivity contribution in [1.29, 1.82) is 0 Å². The third-order valence-corrected chi connectivity index (χ3v) is 4.39. The molecule has 1 fully saturated rings. The fourth-order valence-electron chi connectivity index (χ4n) is 3.22. The Labute approximate surface area is 157 Å². The molecular weight excluding hydrogens is 354 g/mol. The number of hydrogen-bond donors (Lipinski definition) is 0. The first-order valence-electron chi connectivity index (χ1n) is 8.72. The zero-order valence-corrected chi connectivity index (χ0v) is 15.8. The van der Waals surface area contributed by atoms with Gasteiger partial charge in [0.25, 0.3) is 0 Å². The highest BCUT2D eigenvalue weighted by Crippen LogP contribution is 2.35. The zero-order valence-electron chi connectivity index (χ0n) is 15.8. The summed E-state index contributed by atoms with van der Waals surface area (Å²) < 4.78 is 20.7. The molecule has 0 spiro atoms. The van der Waals surface area contributed by atoms with Gasteiger partial charge in [-0.15, -0.1) is 0 Å². The van der Waals surface area contributed by atoms with Crippen LogP contribution < -0.4 is 9.47 Å². The summed E-state index contributed by atoms with van der Waals surface area (Å²) in [6, 6.07) is 4.43. The molecule has 0 unspecified atom stereocenters. The number of likely N-dealkylation sites (tertiary alicyclic amines) is 1. The molecule has 146 valence electrons. The van der Waals surface area contributed by atoms with Gasteiger partial charge in [0, 0.05) is 5.92 Å². The minimum Gasteiger partial charge on any atom is -0.467 e. The van der Waals surface area contributed by atoms with Crippen molar-refractivity contribution in [2.75, 3.05) is 13.9 Å². The number of nitrogens with zero attached hydrogens (tertiary/aromatic N) is 1. The maximum Gasteiger partial charge on any atom is 0.417 e. The van der Waals surface area contributed by atoms with Crippen LogP contribution in [-0.2, 0) is 25.5 Å². The van der Waals surface area contributed by atoms with Gasteiger partial charge in [0.15, 0.2) is 11.5 Å². The van der Waals surface area contributed by atoms with Gasteiger partial charge in [0.1, 0.15) is 11.6 Å². The lowest BCUT2D eigenvalue weighted by Gasteiger charge is -2.26. The molecule has 3 rings (SSSR count). The number of fused-ring (bicyclic) bond motifs is 1. The van der Waals surface area contributed by atoms with E-state index in [-0.39, 0.29) is 13.2 Å². The van der Waals surface area contributed by atoms with Crippen LogP contribution in [0.15, 0.2) is 18.2 Å². The standard InChI is InChI=1S/C19H23NO7/c1-19(2,3)27-18(23)20-13(17(22)24-4)9-12(16(20)21)7-11-5-6-14-15(8-11)26-10-25-14/h5-6,8,12-13H,7,9-10H2,1-4H3/t12-,13+/m1/s1. The Kier molecular flexibility index (Phi) is 4.99. The van der Waals surface area contributed by atoms with Gasteiger partial charge in [-0.25, -0.2) is 14.5 Å². The molecule has 8 nitrogen and oxygen atoms in total. The van der Waals surface area contributed by atoms with Crippen molar-refractivity contribution in [3.05, 3.63) is 23.8 Å². The normalized spacial score (nSPS) is 21.3. The number of esters is 1. The van der Waals surface area contributed by atoms with E-state index in [9.17, 15) is 14.4 Å². The van der Waals surface area contributed by atoms with E-state index < -0.39 is 35.5 Å². The second-order valence-electron chi connectivity index (χ2n) is 7.55. The van der Waals surface area contributed by atoms with E-state index in [0.29, 0.717) is 17.9 Å². The van der Waals surface area contributed by atoms with E-state index in [1.165, 1.54) is 7.11 Å². The van der Waals surface area contributed by atoms with Crippen LogP contribution in [0.2, 0.25) is 0 Å². The molecule has 2 heterocycles. The summed E-state index contributed by atoms with van der Waals surface area (Å²) in [5, 5.41) is 0. The van der Waals surface area contributed by atoms with Gasteiger partial charge < -0.3 is 18.9 Å². The molecule has 0 aliphatic carbocycles. The Balaban J connectivity index is 1.79. The highest BCUT2D eigenvalue weighted by Gasteiger charge is 2.48. The van der Waals surface area contributed by atoms with Crippen molar-refractivity contribution in [1.82, 2.24) is 4.90 Å². The van der Waals surface area contributed by atoms with Crippen LogP contribution in [-0.4, -0.2) is 48.4 Å². The van der Waals surface area contributed by atoms with Crippen LogP contribution in [0, 0.1) is 5.92 Å². The highest BCUT2D eigenvalue weighted by atomic mass is 16.7. The summed E-state index contributed by atoms with van der Waals surface area (Å²) in [7, 11) is 1.23. The van der Waals surface area contributed by atoms with Crippen molar-refractivity contribution < 1.29 is 33.3 Å². The first kappa shape index (κ1) is 19.0. The molecule has 2 aliphatic heterocycles. The zero-order chi connectivity index (χ0) is 19.8. The molecule has 0 aromatic heterocycles. The summed E-state index contributed by atoms with van der Waals surface area (Å²) >= 11 is 0. The second-order valence-corrected chi connectivity index (χ2v) is 7.55. The van der Waals surface area contributed by atoms with Gasteiger partial charge in [0.2, 0.25) is 12.7 Å². The molecule has 1 aromatic rings. The molecule has 8 heteroatoms. The van der Waals surface area contributed by atoms with Crippen LogP contribution in [0.1, 0.15) is 32.8 Å². The smallest absolute Gasteiger partial charge is 0.417 e. The monoisotopic (exact) mass is 377 g/mol. The summed E-state index contributed by atoms with van der Waals surface area (Å²) in [6.07, 6.45) is -0.294. The van der Waals surface area contributed by atoms with Crippen molar-refractivity contribution in [3.8, 4) is 11.5 Å². The summed E-state index contributed by atoms with van der Waals surface area (Å²) in [5.74, 6) is -0.354. The number of methoxy groups -OCH3 is 1. The number of carbonyl (C=O) groups is 3. The number of ether oxygens (including phenoxy) is 4. The Morgan fingerprint density at radius 2 is 1.93 bits per heavy atom. The van der Waals surface area contributed by atoms with Gasteiger partial charge in [-0.1, -0.05) is 6.07 Å². The summed E-state index contributed by atoms with van der Waals surface area (Å²) in [6.45, 7) is 5.26. The number of amides is 2. The number of benzene rings is 1. The minimum absolute atomic E-state index is 0.165. The predicted molar refractivity (Wildman–Crippen MR) is 93.3 cm³/mol. The van der Waals surface area contributed by atoms with E-state index in [4.69, 9.17) is 18.9 Å². The first-order chi connectivity index (χ1) is 12.7. The molecule has 1 aromatic carbocycles. The Hall–Kier alpha value is -2.77. The van der Waals surface area contributed by atoms with Crippen molar-refractivity contribution in [3.63, 3.8) is 0 Å². The van der Waals surface area contributed by atoms with Gasteiger partial charge in [-0.05, 0) is 51.3 Å². The lowest BCUT2D eigenvalue weighted by molar-refractivity contribution is -0.148. The lowest BCUT2D eigenvalue weighted by Crippen LogP contribution is -2.46. The summed E-state index contributed by atoms with van der Waals surface area (Å²) in [5.41, 5.74) is 0.0697. The van der Waals surface area contributed by atoms with Crippen molar-refractivity contribution in [2.45, 2.75) is 45.3 Å². The van der Waals surface area contributed by atoms with Gasteiger partial charge in [0.05, 0.1) is 7.11 Å². The molecule has 2 atom stereocenters. The number of carbonyl (C=O) groups excluding carboxylic acids is 3. The van der Waals surface area contributed by atoms with Gasteiger partial charge in [-0.2, -0.15) is 0 Å². The average Bonchev–Trinajstić information content (AvgIpc) is 3.17. The number of imide groups is 1. The second kappa shape index (κ2) is 7.09. The maximum atomic E-state index is 12.9. The topological polar surface area (TPSA) is 91.4 Å². The quantitative estimate of drug-likeness (QED) is 0.746. The predicted octanol–water partition coefficient (Wildman–Crippen LogP) is 2.28. The van der Waals surface area contributed by atoms with E-state index >= 15 is 0 Å². The third kappa shape index (κ3) is 3.99. The van der Waals surface area contributed by atoms with E-state index in [2.05, 4.69) is 0 Å². The highest BCUT2D eigenvalue weighted by molar-refractivity contribution is 6.00. The molecular formula is C19H23NO7. The van der Waals surface area contributed by atoms with Crippen molar-refractivity contribution >= 4 is 18.0 Å². The molecule has 0 bridgehead atoms. The minimum atomic E-state index is -0.989. The fourth-order valence-corrected chi connectivity index (χ4v) is 3.22. The number of hydrogen-bond acceptors (Lipinski definition) is 7. The SMILES string of the molecule is COC(=O)[C@@H]1C[C@@H](Cc2ccc3c(c2)OCO3)C(=O)N1C(=O)OC(C)(C)C. The van der Waals surface area contributed by atoms with E-state index in [1.807, 2.05) is 6.07 Å². The lowest BCUT2D eigenvalue weighted by atomic mass is 9.96. The van der Waals surface area contributed by atoms with E-state index in [0.717, 1.165) is 10.5 Å². The van der Waals surface area contributed by atoms with Crippen LogP contribution in [0.25, 0.3) is 0 Å². The Morgan fingerprint density at radius 3 is 2.59 bits per heavy atom. The maximum absolute atomic E-state index is 12.9. The van der Waals surface area contributed by atoms with Gasteiger partial charge >= 0.3 is 12.1 Å². The molecule has 2 amide bonds. The van der Waals surface area contributed by atoms with Crippen LogP contribution in [0.4, 0.5) is 4.79 Å². The summed E-state index contributed by atoms with van der Waals surface area (Å²) in [4.78, 5) is 38.4. The van der Waals surface area contributed by atoms with Gasteiger partial charge in [-0.3, -0.25) is 4.79 Å². The molecule has 2 aliphatic rings.